The van der Waals surface area contributed by atoms with Crippen molar-refractivity contribution in [2.45, 2.75) is 13.0 Å². The molecule has 0 bridgehead atoms. The molecule has 0 radical (unpaired) electrons. The summed E-state index contributed by atoms with van der Waals surface area (Å²) in [7, 11) is 0. The third-order valence-electron chi connectivity index (χ3n) is 2.27. The van der Waals surface area contributed by atoms with E-state index in [9.17, 15) is 4.79 Å². The summed E-state index contributed by atoms with van der Waals surface area (Å²) in [5.41, 5.74) is 0.737. The van der Waals surface area contributed by atoms with E-state index in [-0.39, 0.29) is 5.78 Å². The predicted molar refractivity (Wildman–Crippen MR) is 62.6 cm³/mol. The fraction of sp³-hybridized carbons (Fsp3) is 0.167. The lowest BCUT2D eigenvalue weighted by Gasteiger charge is -2.01. The Morgan fingerprint density at radius 3 is 2.69 bits per heavy atom. The molecule has 0 atom stereocenters. The molecule has 0 unspecified atom stereocenters. The third-order valence-corrected chi connectivity index (χ3v) is 2.46. The van der Waals surface area contributed by atoms with Gasteiger partial charge in [-0.2, -0.15) is 5.10 Å². The van der Waals surface area contributed by atoms with E-state index in [1.165, 1.54) is 0 Å². The lowest BCUT2D eigenvalue weighted by Crippen LogP contribution is -2.06. The number of hydrogen-bond acceptors (Lipinski definition) is 2. The predicted octanol–water partition coefficient (Wildman–Crippen LogP) is 2.81. The summed E-state index contributed by atoms with van der Waals surface area (Å²) in [6, 6.07) is 9.25. The zero-order chi connectivity index (χ0) is 11.4. The van der Waals surface area contributed by atoms with Crippen LogP contribution in [0.5, 0.6) is 0 Å². The van der Waals surface area contributed by atoms with Gasteiger partial charge in [-0.25, -0.2) is 0 Å². The van der Waals surface area contributed by atoms with Crippen LogP contribution in [0.3, 0.4) is 0 Å². The van der Waals surface area contributed by atoms with Crippen LogP contribution in [-0.4, -0.2) is 15.6 Å². The number of carbonyl (C=O) groups is 1. The second-order valence-corrected chi connectivity index (χ2v) is 3.90. The van der Waals surface area contributed by atoms with Crippen molar-refractivity contribution in [3.63, 3.8) is 0 Å². The number of aromatic nitrogens is 2. The van der Waals surface area contributed by atoms with Gasteiger partial charge >= 0.3 is 0 Å². The molecule has 2 rings (SSSR count). The smallest absolute Gasteiger partial charge is 0.164 e. The molecule has 0 aliphatic carbocycles. The highest BCUT2D eigenvalue weighted by molar-refractivity contribution is 6.30. The van der Waals surface area contributed by atoms with Crippen molar-refractivity contribution in [2.75, 3.05) is 0 Å². The van der Waals surface area contributed by atoms with Gasteiger partial charge in [-0.05, 0) is 0 Å². The second-order valence-electron chi connectivity index (χ2n) is 3.46. The molecule has 16 heavy (non-hydrogen) atoms. The first-order valence-corrected chi connectivity index (χ1v) is 5.40. The van der Waals surface area contributed by atoms with Crippen molar-refractivity contribution in [3.05, 3.63) is 53.3 Å². The maximum atomic E-state index is 11.8. The van der Waals surface area contributed by atoms with Crippen molar-refractivity contribution < 1.29 is 4.79 Å². The second kappa shape index (κ2) is 4.94. The Hall–Kier alpha value is -1.61. The molecule has 0 saturated heterocycles. The molecule has 4 heteroatoms. The number of carbonyl (C=O) groups excluding carboxylic acids is 1. The zero-order valence-corrected chi connectivity index (χ0v) is 9.39. The summed E-state index contributed by atoms with van der Waals surface area (Å²) in [6.07, 6.45) is 3.70. The molecule has 2 aromatic rings. The summed E-state index contributed by atoms with van der Waals surface area (Å²) < 4.78 is 1.67. The zero-order valence-electron chi connectivity index (χ0n) is 8.64. The summed E-state index contributed by atoms with van der Waals surface area (Å²) in [5, 5.41) is 4.60. The molecular formula is C12H11ClN2O. The van der Waals surface area contributed by atoms with Crippen molar-refractivity contribution in [3.8, 4) is 0 Å². The summed E-state index contributed by atoms with van der Waals surface area (Å²) in [5.74, 6) is 0.118. The fourth-order valence-electron chi connectivity index (χ4n) is 1.45. The number of ketones is 1. The van der Waals surface area contributed by atoms with E-state index in [1.54, 1.807) is 17.1 Å². The molecule has 0 fully saturated rings. The first-order valence-electron chi connectivity index (χ1n) is 5.02. The largest absolute Gasteiger partial charge is 0.294 e. The molecule has 0 spiro atoms. The lowest BCUT2D eigenvalue weighted by atomic mass is 10.1. The first-order chi connectivity index (χ1) is 7.75. The van der Waals surface area contributed by atoms with Gasteiger partial charge in [-0.15, -0.1) is 0 Å². The summed E-state index contributed by atoms with van der Waals surface area (Å²) in [6.45, 7) is 0.556. The van der Waals surface area contributed by atoms with E-state index in [0.717, 1.165) is 5.56 Å². The Bertz CT molecular complexity index is 479. The van der Waals surface area contributed by atoms with Crippen molar-refractivity contribution in [1.29, 1.82) is 0 Å². The molecule has 0 aliphatic rings. The first kappa shape index (κ1) is 10.9. The fourth-order valence-corrected chi connectivity index (χ4v) is 1.60. The Balaban J connectivity index is 1.94. The van der Waals surface area contributed by atoms with E-state index >= 15 is 0 Å². The minimum atomic E-state index is 0.118. The minimum absolute atomic E-state index is 0.118. The van der Waals surface area contributed by atoms with Gasteiger partial charge in [-0.3, -0.25) is 9.48 Å². The van der Waals surface area contributed by atoms with Gasteiger partial charge in [0.1, 0.15) is 0 Å². The van der Waals surface area contributed by atoms with Crippen LogP contribution in [0.1, 0.15) is 16.8 Å². The molecule has 0 aliphatic heterocycles. The topological polar surface area (TPSA) is 34.9 Å². The highest BCUT2D eigenvalue weighted by Crippen LogP contribution is 2.07. The monoisotopic (exact) mass is 234 g/mol. The number of Topliss-reactive ketones (excluding diaryl/α,β-unsaturated/α-hetero) is 1. The summed E-state index contributed by atoms with van der Waals surface area (Å²) in [4.78, 5) is 11.8. The van der Waals surface area contributed by atoms with E-state index in [1.807, 2.05) is 30.3 Å². The van der Waals surface area contributed by atoms with Crippen molar-refractivity contribution >= 4 is 17.4 Å². The van der Waals surface area contributed by atoms with E-state index in [4.69, 9.17) is 11.6 Å². The van der Waals surface area contributed by atoms with Gasteiger partial charge in [0, 0.05) is 24.7 Å². The molecule has 3 nitrogen and oxygen atoms in total. The van der Waals surface area contributed by atoms with Crippen LogP contribution in [0.2, 0.25) is 5.02 Å². The lowest BCUT2D eigenvalue weighted by molar-refractivity contribution is 0.0975. The van der Waals surface area contributed by atoms with Gasteiger partial charge in [-0.1, -0.05) is 41.9 Å². The minimum Gasteiger partial charge on any atom is -0.294 e. The maximum Gasteiger partial charge on any atom is 0.164 e. The Kier molecular flexibility index (Phi) is 3.37. The van der Waals surface area contributed by atoms with E-state index in [2.05, 4.69) is 5.10 Å². The normalized spacial score (nSPS) is 10.3. The quantitative estimate of drug-likeness (QED) is 0.763. The molecular weight excluding hydrogens is 224 g/mol. The molecule has 1 aromatic heterocycles. The molecule has 0 saturated carbocycles. The number of hydrogen-bond donors (Lipinski definition) is 0. The van der Waals surface area contributed by atoms with Crippen molar-refractivity contribution in [1.82, 2.24) is 9.78 Å². The Morgan fingerprint density at radius 2 is 2.06 bits per heavy atom. The van der Waals surface area contributed by atoms with Crippen LogP contribution in [-0.2, 0) is 6.54 Å². The van der Waals surface area contributed by atoms with Gasteiger partial charge in [0.25, 0.3) is 0 Å². The van der Waals surface area contributed by atoms with Crippen LogP contribution in [0.25, 0.3) is 0 Å². The standard InChI is InChI=1S/C12H11ClN2O/c13-11-8-14-15(9-11)7-6-12(16)10-4-2-1-3-5-10/h1-5,8-9H,6-7H2. The average molecular weight is 235 g/mol. The number of aryl methyl sites for hydroxylation is 1. The van der Waals surface area contributed by atoms with Crippen LogP contribution in [0.4, 0.5) is 0 Å². The third kappa shape index (κ3) is 2.70. The molecule has 1 heterocycles. The van der Waals surface area contributed by atoms with E-state index in [0.29, 0.717) is 18.0 Å². The molecule has 0 amide bonds. The number of halogens is 1. The van der Waals surface area contributed by atoms with Crippen molar-refractivity contribution in [2.24, 2.45) is 0 Å². The summed E-state index contributed by atoms with van der Waals surface area (Å²) >= 11 is 5.72. The Morgan fingerprint density at radius 1 is 1.31 bits per heavy atom. The maximum absolute atomic E-state index is 11.8. The Labute approximate surface area is 98.7 Å². The highest BCUT2D eigenvalue weighted by Gasteiger charge is 2.05. The number of benzene rings is 1. The number of nitrogens with zero attached hydrogens (tertiary/aromatic N) is 2. The van der Waals surface area contributed by atoms with Gasteiger partial charge in [0.05, 0.1) is 11.2 Å². The molecule has 1 aromatic carbocycles. The van der Waals surface area contributed by atoms with Gasteiger partial charge < -0.3 is 0 Å². The van der Waals surface area contributed by atoms with Crippen LogP contribution in [0, 0.1) is 0 Å². The average Bonchev–Trinajstić information content (AvgIpc) is 2.73. The number of rotatable bonds is 4. The SMILES string of the molecule is O=C(CCn1cc(Cl)cn1)c1ccccc1. The van der Waals surface area contributed by atoms with Crippen LogP contribution in [0.15, 0.2) is 42.7 Å². The molecule has 0 N–H and O–H groups in total. The van der Waals surface area contributed by atoms with Crippen LogP contribution < -0.4 is 0 Å². The highest BCUT2D eigenvalue weighted by atomic mass is 35.5. The van der Waals surface area contributed by atoms with Gasteiger partial charge in [0.15, 0.2) is 5.78 Å². The van der Waals surface area contributed by atoms with Gasteiger partial charge in [0.2, 0.25) is 0 Å². The van der Waals surface area contributed by atoms with E-state index < -0.39 is 0 Å². The molecule has 82 valence electrons. The van der Waals surface area contributed by atoms with Crippen LogP contribution >= 0.6 is 11.6 Å².